The van der Waals surface area contributed by atoms with E-state index in [9.17, 15) is 4.79 Å². The third-order valence-electron chi connectivity index (χ3n) is 2.91. The van der Waals surface area contributed by atoms with Crippen molar-refractivity contribution in [1.82, 2.24) is 15.1 Å². The molecule has 1 heterocycles. The van der Waals surface area contributed by atoms with Crippen LogP contribution in [0.15, 0.2) is 24.3 Å². The van der Waals surface area contributed by atoms with E-state index in [1.54, 1.807) is 35.9 Å². The van der Waals surface area contributed by atoms with Gasteiger partial charge in [-0.3, -0.25) is 4.79 Å². The van der Waals surface area contributed by atoms with Gasteiger partial charge in [0, 0.05) is 16.8 Å². The van der Waals surface area contributed by atoms with Crippen LogP contribution in [0.5, 0.6) is 0 Å². The van der Waals surface area contributed by atoms with Crippen LogP contribution in [0, 0.1) is 6.92 Å². The molecule has 0 radical (unpaired) electrons. The maximum Gasteiger partial charge on any atom is 0.272 e. The third kappa shape index (κ3) is 3.56. The summed E-state index contributed by atoms with van der Waals surface area (Å²) in [7, 11) is 0. The van der Waals surface area contributed by atoms with Crippen molar-refractivity contribution < 1.29 is 9.90 Å². The predicted octanol–water partition coefficient (Wildman–Crippen LogP) is 2.60. The lowest BCUT2D eigenvalue weighted by atomic mass is 10.3. The van der Waals surface area contributed by atoms with E-state index in [1.807, 2.05) is 6.92 Å². The fraction of sp³-hybridized carbons (Fsp3) is 0.286. The van der Waals surface area contributed by atoms with Gasteiger partial charge in [-0.15, -0.1) is 0 Å². The van der Waals surface area contributed by atoms with E-state index in [-0.39, 0.29) is 24.2 Å². The van der Waals surface area contributed by atoms with Crippen LogP contribution in [0.25, 0.3) is 5.69 Å². The Bertz CT molecular complexity index is 670. The summed E-state index contributed by atoms with van der Waals surface area (Å²) in [5.74, 6) is -0.344. The molecule has 0 fully saturated rings. The number of aliphatic hydroxyl groups excluding tert-OH is 1. The van der Waals surface area contributed by atoms with Gasteiger partial charge in [0.05, 0.1) is 17.3 Å². The second-order valence-electron chi connectivity index (χ2n) is 4.74. The highest BCUT2D eigenvalue weighted by Gasteiger charge is 2.16. The molecule has 0 bridgehead atoms. The van der Waals surface area contributed by atoms with Crippen molar-refractivity contribution >= 4 is 29.1 Å². The van der Waals surface area contributed by atoms with Gasteiger partial charge in [-0.25, -0.2) is 4.68 Å². The highest BCUT2D eigenvalue weighted by atomic mass is 35.5. The van der Waals surface area contributed by atoms with E-state index < -0.39 is 0 Å². The molecule has 0 aliphatic rings. The van der Waals surface area contributed by atoms with E-state index in [1.165, 1.54) is 0 Å². The van der Waals surface area contributed by atoms with Gasteiger partial charge in [-0.1, -0.05) is 23.2 Å². The van der Waals surface area contributed by atoms with Crippen LogP contribution in [0.3, 0.4) is 0 Å². The molecule has 1 aromatic heterocycles. The summed E-state index contributed by atoms with van der Waals surface area (Å²) in [5, 5.41) is 16.8. The van der Waals surface area contributed by atoms with Gasteiger partial charge >= 0.3 is 0 Å². The number of benzene rings is 1. The van der Waals surface area contributed by atoms with Crippen LogP contribution in [-0.4, -0.2) is 33.4 Å². The van der Waals surface area contributed by atoms with Crippen molar-refractivity contribution in [2.45, 2.75) is 19.9 Å². The number of rotatable bonds is 4. The van der Waals surface area contributed by atoms with Crippen LogP contribution < -0.4 is 5.32 Å². The minimum atomic E-state index is -0.344. The lowest BCUT2D eigenvalue weighted by Crippen LogP contribution is -2.35. The summed E-state index contributed by atoms with van der Waals surface area (Å²) in [6.07, 6.45) is 0. The van der Waals surface area contributed by atoms with Crippen molar-refractivity contribution in [3.05, 3.63) is 45.7 Å². The predicted molar refractivity (Wildman–Crippen MR) is 82.3 cm³/mol. The molecule has 2 aromatic rings. The quantitative estimate of drug-likeness (QED) is 0.907. The maximum atomic E-state index is 12.0. The van der Waals surface area contributed by atoms with E-state index in [4.69, 9.17) is 28.3 Å². The molecule has 112 valence electrons. The van der Waals surface area contributed by atoms with E-state index in [0.717, 1.165) is 5.69 Å². The van der Waals surface area contributed by atoms with Gasteiger partial charge in [0.15, 0.2) is 5.69 Å². The molecule has 0 aliphatic heterocycles. The molecule has 7 heteroatoms. The number of hydrogen-bond acceptors (Lipinski definition) is 3. The molecular weight excluding hydrogens is 313 g/mol. The number of carbonyl (C=O) groups excluding carboxylic acids is 1. The summed E-state index contributed by atoms with van der Waals surface area (Å²) in [6.45, 7) is 3.40. The number of amides is 1. The fourth-order valence-electron chi connectivity index (χ4n) is 1.83. The molecule has 0 aliphatic carbocycles. The first-order valence-electron chi connectivity index (χ1n) is 6.36. The zero-order chi connectivity index (χ0) is 15.6. The van der Waals surface area contributed by atoms with Crippen molar-refractivity contribution in [2.24, 2.45) is 0 Å². The minimum absolute atomic E-state index is 0.131. The number of carbonyl (C=O) groups is 1. The summed E-state index contributed by atoms with van der Waals surface area (Å²) in [6, 6.07) is 6.39. The lowest BCUT2D eigenvalue weighted by molar-refractivity contribution is 0.0917. The summed E-state index contributed by atoms with van der Waals surface area (Å²) >= 11 is 12.0. The van der Waals surface area contributed by atoms with Gasteiger partial charge in [0.25, 0.3) is 5.91 Å². The standard InChI is InChI=1S/C14H15Cl2N3O2/c1-8(7-20)17-14(21)12-5-9(2)19(18-12)13-4-3-10(15)6-11(13)16/h3-6,8,20H,7H2,1-2H3,(H,17,21)/t8-/m0/s1. The number of nitrogens with zero attached hydrogens (tertiary/aromatic N) is 2. The Kier molecular flexibility index (Phi) is 4.88. The number of nitrogens with one attached hydrogen (secondary N) is 1. The number of aryl methyl sites for hydroxylation is 1. The molecular formula is C14H15Cl2N3O2. The smallest absolute Gasteiger partial charge is 0.272 e. The van der Waals surface area contributed by atoms with Crippen molar-refractivity contribution in [3.8, 4) is 5.69 Å². The van der Waals surface area contributed by atoms with Gasteiger partial charge in [0.2, 0.25) is 0 Å². The Morgan fingerprint density at radius 1 is 1.43 bits per heavy atom. The Balaban J connectivity index is 2.33. The summed E-state index contributed by atoms with van der Waals surface area (Å²) in [4.78, 5) is 12.0. The van der Waals surface area contributed by atoms with Gasteiger partial charge in [0.1, 0.15) is 0 Å². The minimum Gasteiger partial charge on any atom is -0.394 e. The van der Waals surface area contributed by atoms with Crippen LogP contribution in [-0.2, 0) is 0 Å². The number of aromatic nitrogens is 2. The molecule has 1 amide bonds. The molecule has 0 unspecified atom stereocenters. The SMILES string of the molecule is Cc1cc(C(=O)N[C@@H](C)CO)nn1-c1ccc(Cl)cc1Cl. The van der Waals surface area contributed by atoms with Gasteiger partial charge in [-0.05, 0) is 38.1 Å². The van der Waals surface area contributed by atoms with Crippen LogP contribution in [0.1, 0.15) is 23.1 Å². The zero-order valence-electron chi connectivity index (χ0n) is 11.6. The number of aliphatic hydroxyl groups is 1. The Morgan fingerprint density at radius 2 is 2.14 bits per heavy atom. The van der Waals surface area contributed by atoms with Gasteiger partial charge < -0.3 is 10.4 Å². The van der Waals surface area contributed by atoms with Crippen molar-refractivity contribution in [2.75, 3.05) is 6.61 Å². The summed E-state index contributed by atoms with van der Waals surface area (Å²) < 4.78 is 1.58. The molecule has 0 saturated heterocycles. The van der Waals surface area contributed by atoms with Gasteiger partial charge in [-0.2, -0.15) is 5.10 Å². The Labute approximate surface area is 132 Å². The van der Waals surface area contributed by atoms with E-state index in [2.05, 4.69) is 10.4 Å². The second kappa shape index (κ2) is 6.47. The Morgan fingerprint density at radius 3 is 2.76 bits per heavy atom. The third-order valence-corrected chi connectivity index (χ3v) is 3.45. The van der Waals surface area contributed by atoms with Crippen molar-refractivity contribution in [1.29, 1.82) is 0 Å². The van der Waals surface area contributed by atoms with Crippen molar-refractivity contribution in [3.63, 3.8) is 0 Å². The molecule has 0 saturated carbocycles. The lowest BCUT2D eigenvalue weighted by Gasteiger charge is -2.09. The normalized spacial score (nSPS) is 12.2. The van der Waals surface area contributed by atoms with E-state index >= 15 is 0 Å². The highest BCUT2D eigenvalue weighted by molar-refractivity contribution is 6.35. The zero-order valence-corrected chi connectivity index (χ0v) is 13.1. The van der Waals surface area contributed by atoms with Crippen LogP contribution in [0.2, 0.25) is 10.0 Å². The largest absolute Gasteiger partial charge is 0.394 e. The van der Waals surface area contributed by atoms with E-state index in [0.29, 0.717) is 15.7 Å². The maximum absolute atomic E-state index is 12.0. The number of hydrogen-bond donors (Lipinski definition) is 2. The molecule has 1 aromatic carbocycles. The Hall–Kier alpha value is -1.56. The first kappa shape index (κ1) is 15.8. The first-order chi connectivity index (χ1) is 9.92. The molecule has 0 spiro atoms. The molecule has 2 rings (SSSR count). The second-order valence-corrected chi connectivity index (χ2v) is 5.58. The average Bonchev–Trinajstić information content (AvgIpc) is 2.80. The highest BCUT2D eigenvalue weighted by Crippen LogP contribution is 2.25. The molecule has 5 nitrogen and oxygen atoms in total. The van der Waals surface area contributed by atoms with Crippen LogP contribution >= 0.6 is 23.2 Å². The topological polar surface area (TPSA) is 67.2 Å². The molecule has 21 heavy (non-hydrogen) atoms. The average molecular weight is 328 g/mol. The fourth-order valence-corrected chi connectivity index (χ4v) is 2.31. The summed E-state index contributed by atoms with van der Waals surface area (Å²) in [5.41, 5.74) is 1.67. The van der Waals surface area contributed by atoms with Crippen LogP contribution in [0.4, 0.5) is 0 Å². The first-order valence-corrected chi connectivity index (χ1v) is 7.11. The monoisotopic (exact) mass is 327 g/mol. The molecule has 2 N–H and O–H groups in total. The molecule has 1 atom stereocenters. The number of halogens is 2.